The third-order valence-corrected chi connectivity index (χ3v) is 5.09. The van der Waals surface area contributed by atoms with E-state index in [1.807, 2.05) is 6.07 Å². The van der Waals surface area contributed by atoms with Crippen molar-refractivity contribution in [2.75, 3.05) is 0 Å². The van der Waals surface area contributed by atoms with Gasteiger partial charge in [-0.1, -0.05) is 40.2 Å². The summed E-state index contributed by atoms with van der Waals surface area (Å²) in [7, 11) is 0. The van der Waals surface area contributed by atoms with Crippen LogP contribution in [0.2, 0.25) is 0 Å². The van der Waals surface area contributed by atoms with Gasteiger partial charge in [-0.15, -0.1) is 0 Å². The van der Waals surface area contributed by atoms with Crippen molar-refractivity contribution in [1.29, 1.82) is 0 Å². The van der Waals surface area contributed by atoms with E-state index in [1.165, 1.54) is 18.2 Å². The van der Waals surface area contributed by atoms with Crippen molar-refractivity contribution in [3.05, 3.63) is 102 Å². The van der Waals surface area contributed by atoms with E-state index in [2.05, 4.69) is 37.2 Å². The first-order valence-electron chi connectivity index (χ1n) is 8.63. The molecule has 3 aromatic carbocycles. The minimum atomic E-state index is -0.752. The minimum Gasteiger partial charge on any atom is -0.421 e. The van der Waals surface area contributed by atoms with Gasteiger partial charge in [0.1, 0.15) is 5.75 Å². The van der Waals surface area contributed by atoms with Crippen molar-refractivity contribution in [2.24, 2.45) is 0 Å². The predicted molar refractivity (Wildman–Crippen MR) is 118 cm³/mol. The van der Waals surface area contributed by atoms with Gasteiger partial charge in [-0.05, 0) is 46.3 Å². The monoisotopic (exact) mass is 532 g/mol. The molecule has 0 saturated heterocycles. The summed E-state index contributed by atoms with van der Waals surface area (Å²) >= 11 is 6.74. The molecule has 1 N–H and O–H groups in total. The molecule has 152 valence electrons. The first kappa shape index (κ1) is 21.7. The van der Waals surface area contributed by atoms with E-state index < -0.39 is 10.9 Å². The number of esters is 1. The number of nitro groups is 1. The number of nitro benzene ring substituents is 1. The highest BCUT2D eigenvalue weighted by molar-refractivity contribution is 9.11. The lowest BCUT2D eigenvalue weighted by molar-refractivity contribution is -0.384. The molecule has 1 amide bonds. The van der Waals surface area contributed by atoms with Crippen LogP contribution in [0.5, 0.6) is 5.75 Å². The van der Waals surface area contributed by atoms with Crippen LogP contribution in [-0.2, 0) is 6.54 Å². The number of amides is 1. The van der Waals surface area contributed by atoms with Crippen molar-refractivity contribution in [2.45, 2.75) is 6.54 Å². The number of ether oxygens (including phenoxy) is 1. The van der Waals surface area contributed by atoms with Crippen molar-refractivity contribution in [3.8, 4) is 5.75 Å². The highest BCUT2D eigenvalue weighted by atomic mass is 79.9. The van der Waals surface area contributed by atoms with Gasteiger partial charge >= 0.3 is 5.97 Å². The van der Waals surface area contributed by atoms with Crippen LogP contribution in [-0.4, -0.2) is 16.8 Å². The second kappa shape index (κ2) is 9.64. The van der Waals surface area contributed by atoms with Gasteiger partial charge in [0.2, 0.25) is 0 Å². The fraction of sp³-hybridized carbons (Fsp3) is 0.0476. The van der Waals surface area contributed by atoms with Crippen LogP contribution in [0.15, 0.2) is 75.7 Å². The molecule has 0 unspecified atom stereocenters. The summed E-state index contributed by atoms with van der Waals surface area (Å²) in [5.74, 6) is -0.817. The average molecular weight is 534 g/mol. The highest BCUT2D eigenvalue weighted by Gasteiger charge is 2.18. The smallest absolute Gasteiger partial charge is 0.343 e. The van der Waals surface area contributed by atoms with E-state index in [9.17, 15) is 19.7 Å². The van der Waals surface area contributed by atoms with Crippen LogP contribution in [0.25, 0.3) is 0 Å². The van der Waals surface area contributed by atoms with Crippen LogP contribution >= 0.6 is 31.9 Å². The Balaban J connectivity index is 1.82. The molecule has 0 aliphatic rings. The summed E-state index contributed by atoms with van der Waals surface area (Å²) in [6.07, 6.45) is 0. The zero-order valence-electron chi connectivity index (χ0n) is 15.3. The maximum atomic E-state index is 12.6. The fourth-order valence-corrected chi connectivity index (χ4v) is 4.02. The molecule has 0 spiro atoms. The number of halogens is 2. The summed E-state index contributed by atoms with van der Waals surface area (Å²) in [6.45, 7) is 0.101. The van der Waals surface area contributed by atoms with Gasteiger partial charge in [-0.3, -0.25) is 14.9 Å². The number of carbonyl (C=O) groups is 2. The number of benzene rings is 3. The van der Waals surface area contributed by atoms with Gasteiger partial charge in [-0.2, -0.15) is 0 Å². The zero-order valence-corrected chi connectivity index (χ0v) is 18.5. The number of non-ortho nitro benzene ring substituents is 1. The zero-order chi connectivity index (χ0) is 21.7. The molecule has 0 saturated carbocycles. The lowest BCUT2D eigenvalue weighted by atomic mass is 10.1. The summed E-state index contributed by atoms with van der Waals surface area (Å²) in [4.78, 5) is 35.3. The average Bonchev–Trinajstić information content (AvgIpc) is 2.74. The van der Waals surface area contributed by atoms with Crippen molar-refractivity contribution < 1.29 is 19.2 Å². The number of carbonyl (C=O) groups excluding carboxylic acids is 2. The quantitative estimate of drug-likeness (QED) is 0.201. The van der Waals surface area contributed by atoms with Gasteiger partial charge in [0.05, 0.1) is 15.0 Å². The molecule has 3 rings (SSSR count). The Labute approximate surface area is 188 Å². The lowest BCUT2D eigenvalue weighted by Crippen LogP contribution is -2.23. The standard InChI is InChI=1S/C21H14Br2N2O5/c22-16-9-15(12-24-20(26)13-5-2-1-3-6-13)19(18(23)11-16)30-21(27)14-7-4-8-17(10-14)25(28)29/h1-11H,12H2,(H,24,26). The summed E-state index contributed by atoms with van der Waals surface area (Å²) < 4.78 is 6.71. The molecule has 0 fully saturated rings. The molecule has 9 heteroatoms. The Morgan fingerprint density at radius 2 is 1.67 bits per heavy atom. The van der Waals surface area contributed by atoms with Gasteiger partial charge in [0.25, 0.3) is 11.6 Å². The van der Waals surface area contributed by atoms with Crippen LogP contribution in [0, 0.1) is 10.1 Å². The van der Waals surface area contributed by atoms with Crippen LogP contribution in [0.1, 0.15) is 26.3 Å². The summed E-state index contributed by atoms with van der Waals surface area (Å²) in [5, 5.41) is 13.7. The Morgan fingerprint density at radius 3 is 2.37 bits per heavy atom. The Bertz CT molecular complexity index is 1120. The highest BCUT2D eigenvalue weighted by Crippen LogP contribution is 2.33. The summed E-state index contributed by atoms with van der Waals surface area (Å²) in [6, 6.07) is 17.4. The fourth-order valence-electron chi connectivity index (χ4n) is 2.62. The molecule has 30 heavy (non-hydrogen) atoms. The number of rotatable bonds is 6. The van der Waals surface area contributed by atoms with Crippen LogP contribution in [0.4, 0.5) is 5.69 Å². The topological polar surface area (TPSA) is 98.5 Å². The van der Waals surface area contributed by atoms with Gasteiger partial charge in [0.15, 0.2) is 0 Å². The Kier molecular flexibility index (Phi) is 6.96. The minimum absolute atomic E-state index is 0.0401. The number of hydrogen-bond acceptors (Lipinski definition) is 5. The van der Waals surface area contributed by atoms with Crippen LogP contribution in [0.3, 0.4) is 0 Å². The molecule has 0 aromatic heterocycles. The Hall–Kier alpha value is -3.04. The molecule has 0 aliphatic heterocycles. The summed E-state index contributed by atoms with van der Waals surface area (Å²) in [5.41, 5.74) is 0.869. The molecule has 0 atom stereocenters. The normalized spacial score (nSPS) is 10.3. The maximum absolute atomic E-state index is 12.6. The van der Waals surface area contributed by atoms with Crippen molar-refractivity contribution in [3.63, 3.8) is 0 Å². The molecule has 0 radical (unpaired) electrons. The first-order chi connectivity index (χ1) is 14.3. The third kappa shape index (κ3) is 5.31. The molecule has 7 nitrogen and oxygen atoms in total. The Morgan fingerprint density at radius 1 is 0.967 bits per heavy atom. The number of nitrogens with zero attached hydrogens (tertiary/aromatic N) is 1. The molecular formula is C21H14Br2N2O5. The van der Waals surface area contributed by atoms with E-state index in [4.69, 9.17) is 4.74 Å². The van der Waals surface area contributed by atoms with Crippen molar-refractivity contribution in [1.82, 2.24) is 5.32 Å². The number of nitrogens with one attached hydrogen (secondary N) is 1. The van der Waals surface area contributed by atoms with E-state index in [0.29, 0.717) is 20.1 Å². The van der Waals surface area contributed by atoms with E-state index >= 15 is 0 Å². The van der Waals surface area contributed by atoms with Gasteiger partial charge in [-0.25, -0.2) is 4.79 Å². The van der Waals surface area contributed by atoms with E-state index in [0.717, 1.165) is 6.07 Å². The maximum Gasteiger partial charge on any atom is 0.343 e. The molecule has 0 aliphatic carbocycles. The molecule has 0 bridgehead atoms. The predicted octanol–water partition coefficient (Wildman–Crippen LogP) is 5.27. The van der Waals surface area contributed by atoms with E-state index in [-0.39, 0.29) is 29.5 Å². The number of hydrogen-bond donors (Lipinski definition) is 1. The lowest BCUT2D eigenvalue weighted by Gasteiger charge is -2.14. The molecule has 0 heterocycles. The first-order valence-corrected chi connectivity index (χ1v) is 10.2. The second-order valence-electron chi connectivity index (χ2n) is 6.12. The largest absolute Gasteiger partial charge is 0.421 e. The molecular weight excluding hydrogens is 520 g/mol. The second-order valence-corrected chi connectivity index (χ2v) is 7.89. The SMILES string of the molecule is O=C(NCc1cc(Br)cc(Br)c1OC(=O)c1cccc([N+](=O)[O-])c1)c1ccccc1. The molecule has 3 aromatic rings. The third-order valence-electron chi connectivity index (χ3n) is 4.05. The van der Waals surface area contributed by atoms with Crippen molar-refractivity contribution >= 4 is 49.4 Å². The van der Waals surface area contributed by atoms with Gasteiger partial charge < -0.3 is 10.1 Å². The van der Waals surface area contributed by atoms with E-state index in [1.54, 1.807) is 36.4 Å². The van der Waals surface area contributed by atoms with Gasteiger partial charge in [0, 0.05) is 34.3 Å². The van der Waals surface area contributed by atoms with Crippen LogP contribution < -0.4 is 10.1 Å².